The maximum Gasteiger partial charge on any atom is 0.211 e. The molecule has 1 heterocycles. The van der Waals surface area contributed by atoms with E-state index < -0.39 is 10.0 Å². The molecule has 0 aliphatic carbocycles. The minimum atomic E-state index is -3.12. The van der Waals surface area contributed by atoms with Crippen molar-refractivity contribution in [1.82, 2.24) is 4.31 Å². The lowest BCUT2D eigenvalue weighted by Crippen LogP contribution is -2.41. The van der Waals surface area contributed by atoms with E-state index in [9.17, 15) is 13.5 Å². The summed E-state index contributed by atoms with van der Waals surface area (Å²) in [4.78, 5) is 0. The standard InChI is InChI=1S/C15H23NO4S/c1-12-5-3-7-14(10-17)15(12)20-11-13-6-4-8-16(9-13)21(2,18)19/h3,5,7,13,17H,4,6,8-11H2,1-2H3. The van der Waals surface area contributed by atoms with Crippen LogP contribution in [0.25, 0.3) is 0 Å². The molecule has 0 aromatic heterocycles. The lowest BCUT2D eigenvalue weighted by atomic mass is 10.0. The Morgan fingerprint density at radius 3 is 2.86 bits per heavy atom. The fourth-order valence-electron chi connectivity index (χ4n) is 2.71. The molecule has 0 amide bonds. The highest BCUT2D eigenvalue weighted by molar-refractivity contribution is 7.88. The molecule has 1 fully saturated rings. The van der Waals surface area contributed by atoms with E-state index in [0.29, 0.717) is 19.7 Å². The maximum atomic E-state index is 11.6. The zero-order chi connectivity index (χ0) is 15.5. The van der Waals surface area contributed by atoms with E-state index in [0.717, 1.165) is 29.7 Å². The first kappa shape index (κ1) is 16.3. The second-order valence-corrected chi connectivity index (χ2v) is 7.64. The fourth-order valence-corrected chi connectivity index (χ4v) is 3.65. The predicted molar refractivity (Wildman–Crippen MR) is 81.7 cm³/mol. The first-order valence-corrected chi connectivity index (χ1v) is 9.04. The Balaban J connectivity index is 2.00. The third kappa shape index (κ3) is 4.18. The molecule has 1 atom stereocenters. The highest BCUT2D eigenvalue weighted by Crippen LogP contribution is 2.26. The summed E-state index contributed by atoms with van der Waals surface area (Å²) < 4.78 is 30.6. The molecule has 21 heavy (non-hydrogen) atoms. The molecular weight excluding hydrogens is 290 g/mol. The van der Waals surface area contributed by atoms with Crippen molar-refractivity contribution in [2.75, 3.05) is 26.0 Å². The molecule has 118 valence electrons. The summed E-state index contributed by atoms with van der Waals surface area (Å²) in [5, 5.41) is 9.36. The van der Waals surface area contributed by atoms with Crippen molar-refractivity contribution < 1.29 is 18.3 Å². The molecule has 1 unspecified atom stereocenters. The molecule has 2 rings (SSSR count). The summed E-state index contributed by atoms with van der Waals surface area (Å²) >= 11 is 0. The summed E-state index contributed by atoms with van der Waals surface area (Å²) in [6.07, 6.45) is 3.08. The molecule has 1 aliphatic rings. The molecule has 0 radical (unpaired) electrons. The molecule has 1 aromatic rings. The third-order valence-electron chi connectivity index (χ3n) is 3.88. The van der Waals surface area contributed by atoms with Crippen molar-refractivity contribution in [3.05, 3.63) is 29.3 Å². The first-order chi connectivity index (χ1) is 9.91. The van der Waals surface area contributed by atoms with E-state index in [4.69, 9.17) is 4.74 Å². The van der Waals surface area contributed by atoms with Crippen molar-refractivity contribution in [2.45, 2.75) is 26.4 Å². The summed E-state index contributed by atoms with van der Waals surface area (Å²) in [7, 11) is -3.12. The minimum Gasteiger partial charge on any atom is -0.493 e. The predicted octanol–water partition coefficient (Wildman–Crippen LogP) is 1.54. The minimum absolute atomic E-state index is 0.0584. The highest BCUT2D eigenvalue weighted by Gasteiger charge is 2.26. The maximum absolute atomic E-state index is 11.6. The lowest BCUT2D eigenvalue weighted by Gasteiger charge is -2.31. The largest absolute Gasteiger partial charge is 0.493 e. The zero-order valence-corrected chi connectivity index (χ0v) is 13.4. The number of para-hydroxylation sites is 1. The van der Waals surface area contributed by atoms with Gasteiger partial charge in [-0.3, -0.25) is 0 Å². The van der Waals surface area contributed by atoms with Crippen LogP contribution < -0.4 is 4.74 Å². The number of sulfonamides is 1. The third-order valence-corrected chi connectivity index (χ3v) is 5.15. The number of ether oxygens (including phenoxy) is 1. The van der Waals surface area contributed by atoms with Gasteiger partial charge in [-0.25, -0.2) is 12.7 Å². The van der Waals surface area contributed by atoms with Gasteiger partial charge in [-0.05, 0) is 25.3 Å². The van der Waals surface area contributed by atoms with Gasteiger partial charge >= 0.3 is 0 Å². The number of hydrogen-bond acceptors (Lipinski definition) is 4. The van der Waals surface area contributed by atoms with Gasteiger partial charge in [-0.1, -0.05) is 18.2 Å². The van der Waals surface area contributed by atoms with Gasteiger partial charge in [0.2, 0.25) is 10.0 Å². The Hall–Kier alpha value is -1.11. The lowest BCUT2D eigenvalue weighted by molar-refractivity contribution is 0.176. The second-order valence-electron chi connectivity index (χ2n) is 5.66. The fraction of sp³-hybridized carbons (Fsp3) is 0.600. The molecule has 1 saturated heterocycles. The van der Waals surface area contributed by atoms with Gasteiger partial charge in [0.25, 0.3) is 0 Å². The van der Waals surface area contributed by atoms with Crippen molar-refractivity contribution in [1.29, 1.82) is 0 Å². The molecule has 5 nitrogen and oxygen atoms in total. The second kappa shape index (κ2) is 6.77. The molecule has 0 spiro atoms. The van der Waals surface area contributed by atoms with Crippen LogP contribution in [0.3, 0.4) is 0 Å². The van der Waals surface area contributed by atoms with Crippen LogP contribution >= 0.6 is 0 Å². The number of aryl methyl sites for hydroxylation is 1. The summed E-state index contributed by atoms with van der Waals surface area (Å²) in [5.41, 5.74) is 1.75. The van der Waals surface area contributed by atoms with Crippen molar-refractivity contribution in [2.24, 2.45) is 5.92 Å². The number of aliphatic hydroxyl groups excluding tert-OH is 1. The molecule has 1 aliphatic heterocycles. The number of rotatable bonds is 5. The van der Waals surface area contributed by atoms with E-state index in [-0.39, 0.29) is 12.5 Å². The van der Waals surface area contributed by atoms with Crippen LogP contribution in [0.4, 0.5) is 0 Å². The van der Waals surface area contributed by atoms with Crippen molar-refractivity contribution >= 4 is 10.0 Å². The van der Waals surface area contributed by atoms with Gasteiger partial charge in [-0.2, -0.15) is 0 Å². The number of piperidine rings is 1. The van der Waals surface area contributed by atoms with Crippen LogP contribution in [0.15, 0.2) is 18.2 Å². The van der Waals surface area contributed by atoms with E-state index in [2.05, 4.69) is 0 Å². The average molecular weight is 313 g/mol. The van der Waals surface area contributed by atoms with Crippen LogP contribution in [0.5, 0.6) is 5.75 Å². The van der Waals surface area contributed by atoms with Crippen LogP contribution in [-0.2, 0) is 16.6 Å². The molecule has 0 bridgehead atoms. The van der Waals surface area contributed by atoms with Gasteiger partial charge < -0.3 is 9.84 Å². The Morgan fingerprint density at radius 2 is 2.19 bits per heavy atom. The van der Waals surface area contributed by atoms with E-state index >= 15 is 0 Å². The van der Waals surface area contributed by atoms with Gasteiger partial charge in [0.05, 0.1) is 19.5 Å². The average Bonchev–Trinajstić information content (AvgIpc) is 2.45. The molecule has 1 aromatic carbocycles. The van der Waals surface area contributed by atoms with Crippen molar-refractivity contribution in [3.63, 3.8) is 0 Å². The van der Waals surface area contributed by atoms with E-state index in [1.807, 2.05) is 25.1 Å². The van der Waals surface area contributed by atoms with Crippen LogP contribution in [-0.4, -0.2) is 43.8 Å². The smallest absolute Gasteiger partial charge is 0.211 e. The van der Waals surface area contributed by atoms with E-state index in [1.165, 1.54) is 10.6 Å². The SMILES string of the molecule is Cc1cccc(CO)c1OCC1CCCN(S(C)(=O)=O)C1. The number of benzene rings is 1. The number of hydrogen-bond donors (Lipinski definition) is 1. The quantitative estimate of drug-likeness (QED) is 0.895. The summed E-state index contributed by atoms with van der Waals surface area (Å²) in [5.74, 6) is 0.913. The highest BCUT2D eigenvalue weighted by atomic mass is 32.2. The molecular formula is C15H23NO4S. The monoisotopic (exact) mass is 313 g/mol. The van der Waals surface area contributed by atoms with Crippen molar-refractivity contribution in [3.8, 4) is 5.75 Å². The Morgan fingerprint density at radius 1 is 1.43 bits per heavy atom. The van der Waals surface area contributed by atoms with E-state index in [1.54, 1.807) is 0 Å². The Kier molecular flexibility index (Phi) is 5.24. The normalized spacial score (nSPS) is 20.4. The van der Waals surface area contributed by atoms with Gasteiger partial charge in [-0.15, -0.1) is 0 Å². The van der Waals surface area contributed by atoms with Crippen LogP contribution in [0, 0.1) is 12.8 Å². The van der Waals surface area contributed by atoms with Crippen LogP contribution in [0.1, 0.15) is 24.0 Å². The number of aliphatic hydroxyl groups is 1. The van der Waals surface area contributed by atoms with Crippen LogP contribution in [0.2, 0.25) is 0 Å². The zero-order valence-electron chi connectivity index (χ0n) is 12.6. The Labute approximate surface area is 126 Å². The molecule has 0 saturated carbocycles. The summed E-state index contributed by atoms with van der Waals surface area (Å²) in [6, 6.07) is 5.67. The first-order valence-electron chi connectivity index (χ1n) is 7.19. The topological polar surface area (TPSA) is 66.8 Å². The summed E-state index contributed by atoms with van der Waals surface area (Å²) in [6.45, 7) is 3.47. The van der Waals surface area contributed by atoms with Gasteiger partial charge in [0, 0.05) is 24.6 Å². The molecule has 6 heteroatoms. The van der Waals surface area contributed by atoms with Gasteiger partial charge in [0.15, 0.2) is 0 Å². The number of nitrogens with zero attached hydrogens (tertiary/aromatic N) is 1. The molecule has 1 N–H and O–H groups in total. The Bertz CT molecular complexity index is 585. The van der Waals surface area contributed by atoms with Gasteiger partial charge in [0.1, 0.15) is 5.75 Å².